The molecule has 1 aliphatic rings. The van der Waals surface area contributed by atoms with Crippen molar-refractivity contribution in [3.63, 3.8) is 0 Å². The summed E-state index contributed by atoms with van der Waals surface area (Å²) in [6, 6.07) is 9.01. The molecule has 0 fully saturated rings. The molecule has 0 spiro atoms. The van der Waals surface area contributed by atoms with Gasteiger partial charge in [0.05, 0.1) is 9.79 Å². The van der Waals surface area contributed by atoms with Crippen molar-refractivity contribution >= 4 is 21.0 Å². The minimum atomic E-state index is -1.48. The fourth-order valence-electron chi connectivity index (χ4n) is 3.38. The first-order valence-electron chi connectivity index (χ1n) is 9.53. The van der Waals surface area contributed by atoms with Gasteiger partial charge >= 0.3 is 9.28 Å². The minimum absolute atomic E-state index is 0.0179. The highest BCUT2D eigenvalue weighted by atomic mass is 32.2. The maximum atomic E-state index is 6.46. The van der Waals surface area contributed by atoms with E-state index in [1.807, 2.05) is 0 Å². The van der Waals surface area contributed by atoms with Gasteiger partial charge < -0.3 is 8.85 Å². The molecule has 4 heteroatoms. The van der Waals surface area contributed by atoms with Gasteiger partial charge in [0.1, 0.15) is 11.5 Å². The molecule has 2 aromatic carbocycles. The molecule has 0 unspecified atom stereocenters. The first-order valence-corrected chi connectivity index (χ1v) is 12.2. The van der Waals surface area contributed by atoms with E-state index in [0.29, 0.717) is 0 Å². The number of hydrogen-bond acceptors (Lipinski definition) is 3. The maximum absolute atomic E-state index is 6.46. The molecular weight excluding hydrogens is 368 g/mol. The largest absolute Gasteiger partial charge is 0.528 e. The number of fused-ring (bicyclic) bond motifs is 2. The van der Waals surface area contributed by atoms with Gasteiger partial charge in [0.2, 0.25) is 0 Å². The zero-order valence-corrected chi connectivity index (χ0v) is 19.9. The first kappa shape index (κ1) is 20.3. The molecule has 2 aromatic rings. The van der Waals surface area contributed by atoms with Gasteiger partial charge in [-0.2, -0.15) is 0 Å². The molecule has 1 heterocycles. The molecule has 0 atom stereocenters. The molecule has 0 saturated carbocycles. The van der Waals surface area contributed by atoms with Crippen molar-refractivity contribution in [2.24, 2.45) is 0 Å². The van der Waals surface area contributed by atoms with Crippen molar-refractivity contribution < 1.29 is 8.85 Å². The van der Waals surface area contributed by atoms with Crippen LogP contribution in [0.4, 0.5) is 0 Å². The highest BCUT2D eigenvalue weighted by Crippen LogP contribution is 2.49. The van der Waals surface area contributed by atoms with E-state index in [2.05, 4.69) is 86.2 Å². The van der Waals surface area contributed by atoms with Gasteiger partial charge in [-0.05, 0) is 59.1 Å². The second-order valence-electron chi connectivity index (χ2n) is 9.58. The molecule has 0 bridgehead atoms. The molecule has 2 nitrogen and oxygen atoms in total. The Hall–Kier alpha value is -1.39. The average Bonchev–Trinajstić information content (AvgIpc) is 2.48. The van der Waals surface area contributed by atoms with Crippen LogP contribution in [-0.2, 0) is 10.8 Å². The summed E-state index contributed by atoms with van der Waals surface area (Å²) < 4.78 is 12.9. The zero-order chi connectivity index (χ0) is 20.1. The SMILES string of the molecule is Cc1cc2c(c(C(C)(C)C)c1)O[Si](C)Oc1c(cc(C)cc1C(C)(C)C)S2. The summed E-state index contributed by atoms with van der Waals surface area (Å²) in [5, 5.41) is 0. The number of hydrogen-bond donors (Lipinski definition) is 0. The Kier molecular flexibility index (Phi) is 5.19. The smallest absolute Gasteiger partial charge is 0.509 e. The average molecular weight is 400 g/mol. The Morgan fingerprint density at radius 2 is 1.07 bits per heavy atom. The third kappa shape index (κ3) is 4.22. The van der Waals surface area contributed by atoms with Crippen LogP contribution in [0, 0.1) is 13.8 Å². The van der Waals surface area contributed by atoms with Crippen LogP contribution >= 0.6 is 11.8 Å². The predicted molar refractivity (Wildman–Crippen MR) is 117 cm³/mol. The molecule has 27 heavy (non-hydrogen) atoms. The highest BCUT2D eigenvalue weighted by Gasteiger charge is 2.31. The molecule has 0 amide bonds. The standard InChI is InChI=1S/C23H31O2SSi/c1-14-10-16(22(3,4)5)20-18(12-14)26-19-13-15(2)11-17(23(6,7)8)21(19)25-27(9)24-20/h10-13H,1-9H3. The molecule has 1 radical (unpaired) electrons. The monoisotopic (exact) mass is 399 g/mol. The topological polar surface area (TPSA) is 18.5 Å². The predicted octanol–water partition coefficient (Wildman–Crippen LogP) is 6.94. The molecule has 0 N–H and O–H groups in total. The number of rotatable bonds is 0. The van der Waals surface area contributed by atoms with Crippen molar-refractivity contribution in [2.75, 3.05) is 0 Å². The quantitative estimate of drug-likeness (QED) is 0.447. The van der Waals surface area contributed by atoms with Crippen LogP contribution in [0.3, 0.4) is 0 Å². The molecule has 0 aromatic heterocycles. The third-order valence-electron chi connectivity index (χ3n) is 4.73. The van der Waals surface area contributed by atoms with Gasteiger partial charge in [0.15, 0.2) is 0 Å². The minimum Gasteiger partial charge on any atom is -0.509 e. The van der Waals surface area contributed by atoms with E-state index >= 15 is 0 Å². The normalized spacial score (nSPS) is 15.1. The molecule has 1 aliphatic heterocycles. The van der Waals surface area contributed by atoms with Crippen molar-refractivity contribution in [1.82, 2.24) is 0 Å². The lowest BCUT2D eigenvalue weighted by atomic mass is 9.85. The van der Waals surface area contributed by atoms with E-state index in [0.717, 1.165) is 11.5 Å². The summed E-state index contributed by atoms with van der Waals surface area (Å²) in [6.45, 7) is 19.9. The summed E-state index contributed by atoms with van der Waals surface area (Å²) >= 11 is 1.77. The van der Waals surface area contributed by atoms with Gasteiger partial charge in [-0.25, -0.2) is 0 Å². The Morgan fingerprint density at radius 1 is 0.704 bits per heavy atom. The van der Waals surface area contributed by atoms with Crippen LogP contribution in [0.5, 0.6) is 11.5 Å². The highest BCUT2D eigenvalue weighted by molar-refractivity contribution is 7.99. The maximum Gasteiger partial charge on any atom is 0.528 e. The van der Waals surface area contributed by atoms with Gasteiger partial charge in [0, 0.05) is 6.55 Å². The Labute approximate surface area is 170 Å². The fourth-order valence-corrected chi connectivity index (χ4v) is 5.80. The first-order chi connectivity index (χ1) is 12.4. The van der Waals surface area contributed by atoms with E-state index in [9.17, 15) is 0 Å². The summed E-state index contributed by atoms with van der Waals surface area (Å²) in [7, 11) is -1.48. The van der Waals surface area contributed by atoms with Crippen LogP contribution in [-0.4, -0.2) is 9.28 Å². The molecule has 3 rings (SSSR count). The molecule has 0 saturated heterocycles. The summed E-state index contributed by atoms with van der Waals surface area (Å²) in [5.41, 5.74) is 5.08. The van der Waals surface area contributed by atoms with Gasteiger partial charge in [-0.3, -0.25) is 0 Å². The summed E-state index contributed by atoms with van der Waals surface area (Å²) in [6.07, 6.45) is 0. The van der Waals surface area contributed by atoms with E-state index < -0.39 is 9.28 Å². The zero-order valence-electron chi connectivity index (χ0n) is 18.0. The van der Waals surface area contributed by atoms with Gasteiger partial charge in [-0.1, -0.05) is 65.4 Å². The molecule has 0 aliphatic carbocycles. The second-order valence-corrected chi connectivity index (χ2v) is 12.1. The Morgan fingerprint density at radius 3 is 1.41 bits per heavy atom. The van der Waals surface area contributed by atoms with E-state index in [4.69, 9.17) is 8.85 Å². The Balaban J connectivity index is 2.26. The van der Waals surface area contributed by atoms with Gasteiger partial charge in [-0.15, -0.1) is 0 Å². The number of aryl methyl sites for hydroxylation is 2. The number of benzene rings is 2. The summed E-state index contributed by atoms with van der Waals surface area (Å²) in [5.74, 6) is 2.00. The van der Waals surface area contributed by atoms with Crippen LogP contribution in [0.2, 0.25) is 6.55 Å². The Bertz CT molecular complexity index is 804. The lowest BCUT2D eigenvalue weighted by Gasteiger charge is -2.31. The van der Waals surface area contributed by atoms with E-state index in [1.54, 1.807) is 11.8 Å². The van der Waals surface area contributed by atoms with Crippen LogP contribution in [0.25, 0.3) is 0 Å². The van der Waals surface area contributed by atoms with E-state index in [1.165, 1.54) is 32.0 Å². The van der Waals surface area contributed by atoms with Crippen molar-refractivity contribution in [2.45, 2.75) is 82.6 Å². The van der Waals surface area contributed by atoms with Crippen LogP contribution in [0.15, 0.2) is 34.1 Å². The van der Waals surface area contributed by atoms with Crippen LogP contribution in [0.1, 0.15) is 63.8 Å². The van der Waals surface area contributed by atoms with Crippen molar-refractivity contribution in [3.05, 3.63) is 46.5 Å². The van der Waals surface area contributed by atoms with Crippen molar-refractivity contribution in [1.29, 1.82) is 0 Å². The lowest BCUT2D eigenvalue weighted by molar-refractivity contribution is 0.397. The third-order valence-corrected chi connectivity index (χ3v) is 6.76. The van der Waals surface area contributed by atoms with Gasteiger partial charge in [0.25, 0.3) is 0 Å². The lowest BCUT2D eigenvalue weighted by Crippen LogP contribution is -2.30. The van der Waals surface area contributed by atoms with E-state index in [-0.39, 0.29) is 10.8 Å². The molecule has 145 valence electrons. The van der Waals surface area contributed by atoms with Crippen LogP contribution < -0.4 is 8.85 Å². The molecular formula is C23H31O2SSi. The second kappa shape index (κ2) is 6.89. The fraction of sp³-hybridized carbons (Fsp3) is 0.478. The summed E-state index contributed by atoms with van der Waals surface area (Å²) in [4.78, 5) is 2.39. The van der Waals surface area contributed by atoms with Crippen molar-refractivity contribution in [3.8, 4) is 11.5 Å².